The molecule has 0 fully saturated rings. The van der Waals surface area contributed by atoms with E-state index in [0.29, 0.717) is 30.2 Å². The van der Waals surface area contributed by atoms with Crippen molar-refractivity contribution in [2.75, 3.05) is 20.3 Å². The van der Waals surface area contributed by atoms with Gasteiger partial charge in [0.1, 0.15) is 5.75 Å². The summed E-state index contributed by atoms with van der Waals surface area (Å²) >= 11 is 0. The summed E-state index contributed by atoms with van der Waals surface area (Å²) in [7, 11) is 1.59. The van der Waals surface area contributed by atoms with Gasteiger partial charge < -0.3 is 19.9 Å². The van der Waals surface area contributed by atoms with Gasteiger partial charge in [0.05, 0.1) is 13.2 Å². The number of aliphatic hydroxyl groups is 1. The molecule has 1 amide bonds. The number of rotatable bonds is 11. The number of carbonyl (C=O) groups excluding carboxylic acids is 1. The lowest BCUT2D eigenvalue weighted by molar-refractivity contribution is -0.128. The summed E-state index contributed by atoms with van der Waals surface area (Å²) in [5.41, 5.74) is 10.7. The van der Waals surface area contributed by atoms with E-state index in [-0.39, 0.29) is 25.5 Å². The van der Waals surface area contributed by atoms with Crippen molar-refractivity contribution < 1.29 is 19.4 Å². The molecule has 1 aliphatic heterocycles. The highest BCUT2D eigenvalue weighted by Gasteiger charge is 2.53. The van der Waals surface area contributed by atoms with E-state index in [4.69, 9.17) is 25.1 Å². The zero-order valence-corrected chi connectivity index (χ0v) is 20.6. The first kappa shape index (κ1) is 25.8. The van der Waals surface area contributed by atoms with Crippen molar-refractivity contribution in [1.29, 1.82) is 0 Å². The third-order valence-corrected chi connectivity index (χ3v) is 6.24. The molecule has 4 rings (SSSR count). The topological polar surface area (TPSA) is 129 Å². The molecule has 0 saturated heterocycles. The summed E-state index contributed by atoms with van der Waals surface area (Å²) in [6, 6.07) is 24.4. The minimum absolute atomic E-state index is 0.0666. The lowest BCUT2D eigenvalue weighted by Crippen LogP contribution is -2.49. The molecule has 3 aromatic carbocycles. The Balaban J connectivity index is 1.77. The van der Waals surface area contributed by atoms with Crippen LogP contribution in [0.2, 0.25) is 0 Å². The Morgan fingerprint density at radius 2 is 1.81 bits per heavy atom. The van der Waals surface area contributed by atoms with E-state index in [1.54, 1.807) is 7.05 Å². The van der Waals surface area contributed by atoms with Gasteiger partial charge in [0, 0.05) is 37.0 Å². The van der Waals surface area contributed by atoms with Gasteiger partial charge in [-0.3, -0.25) is 4.79 Å². The second kappa shape index (κ2) is 12.1. The first-order valence-electron chi connectivity index (χ1n) is 12.1. The maximum Gasteiger partial charge on any atom is 0.252 e. The zero-order valence-electron chi connectivity index (χ0n) is 20.6. The molecule has 2 atom stereocenters. The van der Waals surface area contributed by atoms with Crippen LogP contribution in [0.5, 0.6) is 5.75 Å². The number of hydrogen-bond acceptors (Lipinski definition) is 6. The molecule has 1 aliphatic rings. The minimum Gasteiger partial charge on any atom is -0.494 e. The SMILES string of the molecule is CNC(=O)[C@]1(Cc2ccccc2CN=[N+]=[N-])N=C(c2ccc(OCCCO)cc2)O[C@@H]1c1ccccc1. The number of aliphatic hydroxyl groups excluding tert-OH is 1. The number of ether oxygens (including phenoxy) is 2. The summed E-state index contributed by atoms with van der Waals surface area (Å²) < 4.78 is 12.1. The molecule has 9 nitrogen and oxygen atoms in total. The maximum atomic E-state index is 13.6. The van der Waals surface area contributed by atoms with E-state index < -0.39 is 11.6 Å². The van der Waals surface area contributed by atoms with E-state index in [1.807, 2.05) is 78.9 Å². The highest BCUT2D eigenvalue weighted by atomic mass is 16.5. The smallest absolute Gasteiger partial charge is 0.252 e. The largest absolute Gasteiger partial charge is 0.494 e. The molecule has 0 spiro atoms. The Morgan fingerprint density at radius 3 is 2.49 bits per heavy atom. The second-order valence-electron chi connectivity index (χ2n) is 8.61. The van der Waals surface area contributed by atoms with Gasteiger partial charge in [-0.1, -0.05) is 59.7 Å². The monoisotopic (exact) mass is 499 g/mol. The van der Waals surface area contributed by atoms with Gasteiger partial charge in [0.15, 0.2) is 11.6 Å². The molecule has 0 aliphatic carbocycles. The highest BCUT2D eigenvalue weighted by Crippen LogP contribution is 2.42. The Kier molecular flexibility index (Phi) is 8.40. The molecule has 0 bridgehead atoms. The molecule has 0 radical (unpaired) electrons. The number of benzene rings is 3. The molecule has 2 N–H and O–H groups in total. The molecule has 0 aromatic heterocycles. The van der Waals surface area contributed by atoms with E-state index in [9.17, 15) is 4.79 Å². The predicted octanol–water partition coefficient (Wildman–Crippen LogP) is 4.50. The van der Waals surface area contributed by atoms with E-state index in [1.165, 1.54) is 0 Å². The lowest BCUT2D eigenvalue weighted by atomic mass is 9.81. The molecule has 1 heterocycles. The van der Waals surface area contributed by atoms with E-state index >= 15 is 0 Å². The van der Waals surface area contributed by atoms with Gasteiger partial charge in [0.25, 0.3) is 5.91 Å². The van der Waals surface area contributed by atoms with Crippen LogP contribution in [-0.2, 0) is 22.5 Å². The maximum absolute atomic E-state index is 13.6. The number of aliphatic imine (C=N–C) groups is 1. The van der Waals surface area contributed by atoms with Crippen LogP contribution >= 0.6 is 0 Å². The van der Waals surface area contributed by atoms with Crippen molar-refractivity contribution in [3.63, 3.8) is 0 Å². The Hall–Kier alpha value is -4.33. The van der Waals surface area contributed by atoms with Crippen molar-refractivity contribution in [3.8, 4) is 5.75 Å². The van der Waals surface area contributed by atoms with Crippen LogP contribution in [0, 0.1) is 0 Å². The number of azide groups is 1. The number of nitrogens with zero attached hydrogens (tertiary/aromatic N) is 4. The molecule has 0 unspecified atom stereocenters. The van der Waals surface area contributed by atoms with Gasteiger partial charge in [-0.25, -0.2) is 4.99 Å². The second-order valence-corrected chi connectivity index (χ2v) is 8.61. The van der Waals surface area contributed by atoms with E-state index in [0.717, 1.165) is 16.7 Å². The van der Waals surface area contributed by atoms with Crippen molar-refractivity contribution in [2.24, 2.45) is 10.1 Å². The van der Waals surface area contributed by atoms with E-state index in [2.05, 4.69) is 15.3 Å². The van der Waals surface area contributed by atoms with Crippen molar-refractivity contribution in [2.45, 2.75) is 31.0 Å². The summed E-state index contributed by atoms with van der Waals surface area (Å²) in [6.45, 7) is 0.650. The van der Waals surface area contributed by atoms with Gasteiger partial charge >= 0.3 is 0 Å². The standard InChI is InChI=1S/C28H29N5O4/c1-30-27(35)28(18-22-10-5-6-11-23(22)19-31-33-29)25(20-8-3-2-4-9-20)37-26(32-28)21-12-14-24(15-13-21)36-17-7-16-34/h2-6,8-15,25,34H,7,16-19H2,1H3,(H,30,35)/t25-,28-/m1/s1. The fraction of sp³-hybridized carbons (Fsp3) is 0.286. The number of likely N-dealkylation sites (N-methyl/N-ethyl adjacent to an activating group) is 1. The normalized spacial score (nSPS) is 18.3. The molecule has 37 heavy (non-hydrogen) atoms. The van der Waals surface area contributed by atoms with Crippen molar-refractivity contribution in [3.05, 3.63) is 112 Å². The number of amides is 1. The third-order valence-electron chi connectivity index (χ3n) is 6.24. The molecule has 190 valence electrons. The first-order valence-corrected chi connectivity index (χ1v) is 12.1. The van der Waals surface area contributed by atoms with Gasteiger partial charge in [-0.15, -0.1) is 0 Å². The van der Waals surface area contributed by atoms with Gasteiger partial charge in [0.2, 0.25) is 5.90 Å². The first-order chi connectivity index (χ1) is 18.1. The van der Waals surface area contributed by atoms with Gasteiger partial charge in [-0.05, 0) is 46.5 Å². The van der Waals surface area contributed by atoms with Gasteiger partial charge in [-0.2, -0.15) is 0 Å². The summed E-state index contributed by atoms with van der Waals surface area (Å²) in [4.78, 5) is 21.4. The van der Waals surface area contributed by atoms with Crippen LogP contribution < -0.4 is 10.1 Å². The zero-order chi connectivity index (χ0) is 26.1. The Labute approximate surface area is 215 Å². The van der Waals surface area contributed by atoms with Crippen LogP contribution in [0.1, 0.15) is 34.8 Å². The van der Waals surface area contributed by atoms with Crippen molar-refractivity contribution in [1.82, 2.24) is 5.32 Å². The fourth-order valence-corrected chi connectivity index (χ4v) is 4.41. The third kappa shape index (κ3) is 5.74. The van der Waals surface area contributed by atoms with Crippen LogP contribution in [0.3, 0.4) is 0 Å². The molecule has 9 heteroatoms. The molecular weight excluding hydrogens is 470 g/mol. The lowest BCUT2D eigenvalue weighted by Gasteiger charge is -2.30. The van der Waals surface area contributed by atoms with Crippen molar-refractivity contribution >= 4 is 11.8 Å². The minimum atomic E-state index is -1.30. The van der Waals surface area contributed by atoms with Crippen LogP contribution in [0.4, 0.5) is 0 Å². The number of nitrogens with one attached hydrogen (secondary N) is 1. The van der Waals surface area contributed by atoms with Crippen LogP contribution in [-0.4, -0.2) is 42.7 Å². The summed E-state index contributed by atoms with van der Waals surface area (Å²) in [5, 5.41) is 15.5. The Morgan fingerprint density at radius 1 is 1.11 bits per heavy atom. The molecule has 0 saturated carbocycles. The number of hydrogen-bond donors (Lipinski definition) is 2. The average Bonchev–Trinajstić information content (AvgIpc) is 3.33. The summed E-state index contributed by atoms with van der Waals surface area (Å²) in [6.07, 6.45) is 0.109. The molecule has 3 aromatic rings. The number of carbonyl (C=O) groups is 1. The molecular formula is C28H29N5O4. The fourth-order valence-electron chi connectivity index (χ4n) is 4.41. The Bertz CT molecular complexity index is 1290. The quantitative estimate of drug-likeness (QED) is 0.174. The highest BCUT2D eigenvalue weighted by molar-refractivity contribution is 6.01. The predicted molar refractivity (Wildman–Crippen MR) is 140 cm³/mol. The average molecular weight is 500 g/mol. The van der Waals surface area contributed by atoms with Crippen LogP contribution in [0.15, 0.2) is 89.0 Å². The summed E-state index contributed by atoms with van der Waals surface area (Å²) in [5.74, 6) is 0.741. The van der Waals surface area contributed by atoms with Crippen LogP contribution in [0.25, 0.3) is 10.4 Å².